The number of halogens is 1. The van der Waals surface area contributed by atoms with Crippen LogP contribution in [-0.4, -0.2) is 25.0 Å². The first-order valence-electron chi connectivity index (χ1n) is 8.12. The predicted octanol–water partition coefficient (Wildman–Crippen LogP) is 3.38. The second-order valence-corrected chi connectivity index (χ2v) is 5.79. The van der Waals surface area contributed by atoms with Crippen LogP contribution in [0.4, 0.5) is 14.9 Å². The zero-order chi connectivity index (χ0) is 18.2. The Labute approximate surface area is 146 Å². The molecule has 132 valence electrons. The molecule has 0 aromatic heterocycles. The molecular formula is C19H22FN3O2. The van der Waals surface area contributed by atoms with Gasteiger partial charge >= 0.3 is 6.03 Å². The highest BCUT2D eigenvalue weighted by molar-refractivity contribution is 5.94. The number of amides is 3. The van der Waals surface area contributed by atoms with E-state index in [1.165, 1.54) is 18.2 Å². The number of aryl methyl sites for hydroxylation is 2. The Hall–Kier alpha value is -2.89. The van der Waals surface area contributed by atoms with Crippen molar-refractivity contribution in [3.8, 4) is 0 Å². The molecule has 2 aromatic carbocycles. The third-order valence-corrected chi connectivity index (χ3v) is 3.68. The minimum Gasteiger partial charge on any atom is -0.352 e. The minimum absolute atomic E-state index is 0.0168. The van der Waals surface area contributed by atoms with Crippen molar-refractivity contribution in [3.05, 3.63) is 65.0 Å². The maximum Gasteiger partial charge on any atom is 0.319 e. The normalized spacial score (nSPS) is 10.2. The number of carbonyl (C=O) groups is 2. The fraction of sp³-hybridized carbons (Fsp3) is 0.263. The van der Waals surface area contributed by atoms with Crippen molar-refractivity contribution in [2.24, 2.45) is 0 Å². The molecule has 0 bridgehead atoms. The second kappa shape index (κ2) is 8.82. The van der Waals surface area contributed by atoms with Crippen molar-refractivity contribution in [2.45, 2.75) is 20.3 Å². The van der Waals surface area contributed by atoms with Gasteiger partial charge in [0.1, 0.15) is 5.82 Å². The van der Waals surface area contributed by atoms with E-state index in [1.54, 1.807) is 6.07 Å². The highest BCUT2D eigenvalue weighted by Crippen LogP contribution is 2.15. The summed E-state index contributed by atoms with van der Waals surface area (Å²) in [5.41, 5.74) is 2.84. The molecular weight excluding hydrogens is 321 g/mol. The lowest BCUT2D eigenvalue weighted by Gasteiger charge is -2.11. The highest BCUT2D eigenvalue weighted by Gasteiger charge is 2.09. The summed E-state index contributed by atoms with van der Waals surface area (Å²) in [4.78, 5) is 23.7. The van der Waals surface area contributed by atoms with Gasteiger partial charge in [-0.25, -0.2) is 9.18 Å². The smallest absolute Gasteiger partial charge is 0.319 e. The van der Waals surface area contributed by atoms with E-state index >= 15 is 0 Å². The Bertz CT molecular complexity index is 762. The molecule has 0 aliphatic rings. The number of rotatable bonds is 6. The number of urea groups is 1. The summed E-state index contributed by atoms with van der Waals surface area (Å²) in [5.74, 6) is -1.01. The standard InChI is InChI=1S/C19H22FN3O2/c1-13-8-9-14(2)17(12-13)23-19(25)22-11-5-10-21-18(24)15-6-3-4-7-16(15)20/h3-4,6-9,12H,5,10-11H2,1-2H3,(H,21,24)(H2,22,23,25). The number of carbonyl (C=O) groups excluding carboxylic acids is 2. The van der Waals surface area contributed by atoms with E-state index in [1.807, 2.05) is 32.0 Å². The molecule has 25 heavy (non-hydrogen) atoms. The highest BCUT2D eigenvalue weighted by atomic mass is 19.1. The van der Waals surface area contributed by atoms with Crippen LogP contribution in [0.15, 0.2) is 42.5 Å². The quantitative estimate of drug-likeness (QED) is 0.704. The molecule has 0 spiro atoms. The van der Waals surface area contributed by atoms with Crippen molar-refractivity contribution in [2.75, 3.05) is 18.4 Å². The van der Waals surface area contributed by atoms with Crippen LogP contribution in [0.2, 0.25) is 0 Å². The van der Waals surface area contributed by atoms with Crippen LogP contribution in [0.3, 0.4) is 0 Å². The van der Waals surface area contributed by atoms with Crippen LogP contribution in [0.5, 0.6) is 0 Å². The van der Waals surface area contributed by atoms with Gasteiger partial charge in [0, 0.05) is 18.8 Å². The molecule has 0 heterocycles. The third-order valence-electron chi connectivity index (χ3n) is 3.68. The van der Waals surface area contributed by atoms with Gasteiger partial charge in [-0.05, 0) is 49.6 Å². The van der Waals surface area contributed by atoms with E-state index in [9.17, 15) is 14.0 Å². The first-order chi connectivity index (χ1) is 12.0. The molecule has 2 aromatic rings. The van der Waals surface area contributed by atoms with E-state index < -0.39 is 11.7 Å². The zero-order valence-electron chi connectivity index (χ0n) is 14.4. The van der Waals surface area contributed by atoms with Gasteiger partial charge in [-0.3, -0.25) is 4.79 Å². The maximum absolute atomic E-state index is 13.5. The second-order valence-electron chi connectivity index (χ2n) is 5.79. The van der Waals surface area contributed by atoms with Crippen LogP contribution in [-0.2, 0) is 0 Å². The van der Waals surface area contributed by atoms with Gasteiger partial charge in [-0.2, -0.15) is 0 Å². The van der Waals surface area contributed by atoms with E-state index in [2.05, 4.69) is 16.0 Å². The van der Waals surface area contributed by atoms with Crippen LogP contribution < -0.4 is 16.0 Å². The summed E-state index contributed by atoms with van der Waals surface area (Å²) in [6, 6.07) is 11.4. The number of hydrogen-bond donors (Lipinski definition) is 3. The van der Waals surface area contributed by atoms with E-state index in [-0.39, 0.29) is 11.6 Å². The summed E-state index contributed by atoms with van der Waals surface area (Å²) >= 11 is 0. The molecule has 0 saturated carbocycles. The Balaban J connectivity index is 1.69. The Morgan fingerprint density at radius 1 is 1.00 bits per heavy atom. The van der Waals surface area contributed by atoms with Gasteiger partial charge in [0.05, 0.1) is 5.56 Å². The van der Waals surface area contributed by atoms with Crippen molar-refractivity contribution in [1.82, 2.24) is 10.6 Å². The molecule has 0 aliphatic carbocycles. The van der Waals surface area contributed by atoms with Crippen LogP contribution in [0, 0.1) is 19.7 Å². The first kappa shape index (κ1) is 18.4. The van der Waals surface area contributed by atoms with Crippen molar-refractivity contribution in [1.29, 1.82) is 0 Å². The SMILES string of the molecule is Cc1ccc(C)c(NC(=O)NCCCNC(=O)c2ccccc2F)c1. The molecule has 0 atom stereocenters. The topological polar surface area (TPSA) is 70.2 Å². The molecule has 5 nitrogen and oxygen atoms in total. The van der Waals surface area contributed by atoms with E-state index in [4.69, 9.17) is 0 Å². The predicted molar refractivity (Wildman–Crippen MR) is 96.3 cm³/mol. The fourth-order valence-electron chi connectivity index (χ4n) is 2.27. The lowest BCUT2D eigenvalue weighted by atomic mass is 10.1. The summed E-state index contributed by atoms with van der Waals surface area (Å²) in [7, 11) is 0. The monoisotopic (exact) mass is 343 g/mol. The molecule has 0 fully saturated rings. The Kier molecular flexibility index (Phi) is 6.51. The van der Waals surface area contributed by atoms with Gasteiger partial charge in [-0.1, -0.05) is 24.3 Å². The van der Waals surface area contributed by atoms with Gasteiger partial charge in [-0.15, -0.1) is 0 Å². The molecule has 0 unspecified atom stereocenters. The van der Waals surface area contributed by atoms with Crippen molar-refractivity contribution in [3.63, 3.8) is 0 Å². The van der Waals surface area contributed by atoms with Gasteiger partial charge in [0.2, 0.25) is 0 Å². The average Bonchev–Trinajstić information content (AvgIpc) is 2.58. The molecule has 0 radical (unpaired) electrons. The summed E-state index contributed by atoms with van der Waals surface area (Å²) in [6.07, 6.45) is 0.542. The number of benzene rings is 2. The number of hydrogen-bond acceptors (Lipinski definition) is 2. The van der Waals surface area contributed by atoms with E-state index in [0.717, 1.165) is 16.8 Å². The molecule has 3 amide bonds. The minimum atomic E-state index is -0.550. The molecule has 3 N–H and O–H groups in total. The summed E-state index contributed by atoms with van der Waals surface area (Å²) in [5, 5.41) is 8.15. The fourth-order valence-corrected chi connectivity index (χ4v) is 2.27. The third kappa shape index (κ3) is 5.60. The zero-order valence-corrected chi connectivity index (χ0v) is 14.4. The summed E-state index contributed by atoms with van der Waals surface area (Å²) < 4.78 is 13.5. The van der Waals surface area contributed by atoms with Gasteiger partial charge < -0.3 is 16.0 Å². The first-order valence-corrected chi connectivity index (χ1v) is 8.12. The Morgan fingerprint density at radius 3 is 2.48 bits per heavy atom. The van der Waals surface area contributed by atoms with Crippen molar-refractivity contribution >= 4 is 17.6 Å². The number of nitrogens with one attached hydrogen (secondary N) is 3. The lowest BCUT2D eigenvalue weighted by molar-refractivity contribution is 0.0949. The number of anilines is 1. The largest absolute Gasteiger partial charge is 0.352 e. The molecule has 2 rings (SSSR count). The van der Waals surface area contributed by atoms with E-state index in [0.29, 0.717) is 19.5 Å². The average molecular weight is 343 g/mol. The van der Waals surface area contributed by atoms with Crippen LogP contribution >= 0.6 is 0 Å². The van der Waals surface area contributed by atoms with Crippen LogP contribution in [0.1, 0.15) is 27.9 Å². The van der Waals surface area contributed by atoms with Crippen molar-refractivity contribution < 1.29 is 14.0 Å². The molecule has 0 aliphatic heterocycles. The molecule has 6 heteroatoms. The lowest BCUT2D eigenvalue weighted by Crippen LogP contribution is -2.32. The molecule has 0 saturated heterocycles. The Morgan fingerprint density at radius 2 is 1.72 bits per heavy atom. The van der Waals surface area contributed by atoms with Gasteiger partial charge in [0.15, 0.2) is 0 Å². The van der Waals surface area contributed by atoms with Gasteiger partial charge in [0.25, 0.3) is 5.91 Å². The van der Waals surface area contributed by atoms with Crippen LogP contribution in [0.25, 0.3) is 0 Å². The summed E-state index contributed by atoms with van der Waals surface area (Å²) in [6.45, 7) is 4.62. The maximum atomic E-state index is 13.5.